The van der Waals surface area contributed by atoms with Gasteiger partial charge in [-0.3, -0.25) is 0 Å². The molecule has 0 spiro atoms. The largest absolute Gasteiger partial charge is 0.424 e. The van der Waals surface area contributed by atoms with Gasteiger partial charge >= 0.3 is 0 Å². The minimum atomic E-state index is -0.285. The molecule has 0 bridgehead atoms. The van der Waals surface area contributed by atoms with Crippen molar-refractivity contribution in [3.63, 3.8) is 0 Å². The van der Waals surface area contributed by atoms with E-state index in [0.29, 0.717) is 0 Å². The van der Waals surface area contributed by atoms with Crippen LogP contribution in [-0.2, 0) is 4.43 Å². The highest BCUT2D eigenvalue weighted by molar-refractivity contribution is 6.29. The van der Waals surface area contributed by atoms with Gasteiger partial charge in [-0.1, -0.05) is 77.6 Å². The van der Waals surface area contributed by atoms with E-state index in [0.717, 1.165) is 24.0 Å². The van der Waals surface area contributed by atoms with Crippen molar-refractivity contribution < 1.29 is 4.43 Å². The van der Waals surface area contributed by atoms with Crippen LogP contribution >= 0.6 is 0 Å². The van der Waals surface area contributed by atoms with Gasteiger partial charge in [-0.05, 0) is 23.8 Å². The van der Waals surface area contributed by atoms with Crippen LogP contribution in [0.15, 0.2) is 0 Å². The van der Waals surface area contributed by atoms with Gasteiger partial charge in [0.2, 0.25) is 0 Å². The predicted octanol–water partition coefficient (Wildman–Crippen LogP) is 4.84. The maximum Gasteiger partial charge on any atom is 0.165 e. The average Bonchev–Trinajstić information content (AvgIpc) is 2.49. The summed E-state index contributed by atoms with van der Waals surface area (Å²) < 4.78 is 6.18. The molecule has 2 aliphatic rings. The van der Waals surface area contributed by atoms with Crippen LogP contribution in [-0.4, -0.2) is 16.4 Å². The fourth-order valence-electron chi connectivity index (χ4n) is 4.25. The lowest BCUT2D eigenvalue weighted by Crippen LogP contribution is -2.28. The van der Waals surface area contributed by atoms with Crippen LogP contribution in [0.2, 0.25) is 5.54 Å². The summed E-state index contributed by atoms with van der Waals surface area (Å²) in [6.07, 6.45) is 17.6. The molecular weight excluding hydrogens is 248 g/mol. The highest BCUT2D eigenvalue weighted by atomic mass is 28.2. The number of rotatable bonds is 7. The van der Waals surface area contributed by atoms with Crippen LogP contribution in [0.25, 0.3) is 0 Å². The summed E-state index contributed by atoms with van der Waals surface area (Å²) in [5.41, 5.74) is 1.03. The number of hydrogen-bond donors (Lipinski definition) is 0. The van der Waals surface area contributed by atoms with Crippen molar-refractivity contribution in [2.24, 2.45) is 11.8 Å². The molecule has 2 heteroatoms. The van der Waals surface area contributed by atoms with E-state index >= 15 is 0 Å². The lowest BCUT2D eigenvalue weighted by molar-refractivity contribution is 0.219. The van der Waals surface area contributed by atoms with E-state index in [4.69, 9.17) is 4.43 Å². The minimum Gasteiger partial charge on any atom is -0.424 e. The maximum atomic E-state index is 6.18. The first-order chi connectivity index (χ1) is 9.42. The molecule has 2 fully saturated rings. The van der Waals surface area contributed by atoms with Crippen LogP contribution in [0.4, 0.5) is 0 Å². The molecule has 1 nitrogen and oxygen atoms in total. The molecule has 0 aromatic heterocycles. The molecule has 0 aromatic carbocycles. The van der Waals surface area contributed by atoms with E-state index in [2.05, 4.69) is 6.92 Å². The Hall–Kier alpha value is 0.177. The molecular formula is C17H34OSi. The van der Waals surface area contributed by atoms with Crippen LogP contribution in [0.1, 0.15) is 84.0 Å². The third-order valence-electron chi connectivity index (χ3n) is 5.46. The Kier molecular flexibility index (Phi) is 7.52. The summed E-state index contributed by atoms with van der Waals surface area (Å²) in [5, 5.41) is 0. The SMILES string of the molecule is CCCCO[SiH2]C(C1CCCCC1)C1CCCCC1. The summed E-state index contributed by atoms with van der Waals surface area (Å²) >= 11 is 0. The van der Waals surface area contributed by atoms with E-state index in [1.807, 2.05) is 0 Å². The normalized spacial score (nSPS) is 23.7. The third-order valence-corrected chi connectivity index (χ3v) is 7.71. The Morgan fingerprint density at radius 3 is 1.89 bits per heavy atom. The fraction of sp³-hybridized carbons (Fsp3) is 1.00. The van der Waals surface area contributed by atoms with E-state index in [9.17, 15) is 0 Å². The molecule has 0 N–H and O–H groups in total. The van der Waals surface area contributed by atoms with Gasteiger partial charge < -0.3 is 4.43 Å². The summed E-state index contributed by atoms with van der Waals surface area (Å²) in [4.78, 5) is 0. The number of hydrogen-bond acceptors (Lipinski definition) is 1. The average molecular weight is 283 g/mol. The summed E-state index contributed by atoms with van der Waals surface area (Å²) in [5.74, 6) is 2.09. The topological polar surface area (TPSA) is 9.23 Å². The first kappa shape index (κ1) is 15.6. The molecule has 0 saturated heterocycles. The Balaban J connectivity index is 1.83. The monoisotopic (exact) mass is 282 g/mol. The summed E-state index contributed by atoms with van der Waals surface area (Å²) in [7, 11) is -0.285. The van der Waals surface area contributed by atoms with Crippen molar-refractivity contribution in [1.29, 1.82) is 0 Å². The van der Waals surface area contributed by atoms with Crippen molar-refractivity contribution in [3.05, 3.63) is 0 Å². The van der Waals surface area contributed by atoms with Crippen molar-refractivity contribution in [2.75, 3.05) is 6.61 Å². The van der Waals surface area contributed by atoms with Crippen LogP contribution in [0, 0.1) is 11.8 Å². The smallest absolute Gasteiger partial charge is 0.165 e. The minimum absolute atomic E-state index is 0.285. The predicted molar refractivity (Wildman–Crippen MR) is 86.3 cm³/mol. The second-order valence-electron chi connectivity index (χ2n) is 6.89. The van der Waals surface area contributed by atoms with Gasteiger partial charge in [-0.25, -0.2) is 0 Å². The summed E-state index contributed by atoms with van der Waals surface area (Å²) in [6.45, 7) is 3.32. The molecule has 0 amide bonds. The van der Waals surface area contributed by atoms with Crippen molar-refractivity contribution >= 4 is 9.76 Å². The molecule has 0 unspecified atom stereocenters. The quantitative estimate of drug-likeness (QED) is 0.480. The van der Waals surface area contributed by atoms with Crippen LogP contribution in [0.5, 0.6) is 0 Å². The molecule has 2 rings (SSSR count). The molecule has 0 aliphatic heterocycles. The zero-order chi connectivity index (χ0) is 13.3. The Bertz CT molecular complexity index is 201. The van der Waals surface area contributed by atoms with Gasteiger partial charge in [0.1, 0.15) is 0 Å². The molecule has 0 radical (unpaired) electrons. The van der Waals surface area contributed by atoms with Gasteiger partial charge in [0.25, 0.3) is 0 Å². The van der Waals surface area contributed by atoms with E-state index in [1.165, 1.54) is 77.0 Å². The molecule has 112 valence electrons. The van der Waals surface area contributed by atoms with Crippen molar-refractivity contribution in [1.82, 2.24) is 0 Å². The summed E-state index contributed by atoms with van der Waals surface area (Å²) in [6, 6.07) is 0. The van der Waals surface area contributed by atoms with Crippen LogP contribution in [0.3, 0.4) is 0 Å². The molecule has 0 atom stereocenters. The van der Waals surface area contributed by atoms with Crippen molar-refractivity contribution in [2.45, 2.75) is 89.5 Å². The molecule has 0 heterocycles. The second-order valence-corrected chi connectivity index (χ2v) is 8.57. The van der Waals surface area contributed by atoms with Gasteiger partial charge in [0.15, 0.2) is 9.76 Å². The van der Waals surface area contributed by atoms with Gasteiger partial charge in [0.05, 0.1) is 0 Å². The molecule has 19 heavy (non-hydrogen) atoms. The Morgan fingerprint density at radius 1 is 0.895 bits per heavy atom. The lowest BCUT2D eigenvalue weighted by Gasteiger charge is -2.37. The fourth-order valence-corrected chi connectivity index (χ4v) is 6.38. The zero-order valence-electron chi connectivity index (χ0n) is 13.0. The van der Waals surface area contributed by atoms with E-state index < -0.39 is 0 Å². The zero-order valence-corrected chi connectivity index (χ0v) is 14.5. The third kappa shape index (κ3) is 5.22. The van der Waals surface area contributed by atoms with E-state index in [1.54, 1.807) is 0 Å². The molecule has 0 aromatic rings. The Morgan fingerprint density at radius 2 is 1.42 bits per heavy atom. The number of unbranched alkanes of at least 4 members (excludes halogenated alkanes) is 1. The molecule has 2 saturated carbocycles. The van der Waals surface area contributed by atoms with Gasteiger partial charge in [0, 0.05) is 6.61 Å². The van der Waals surface area contributed by atoms with E-state index in [-0.39, 0.29) is 9.76 Å². The van der Waals surface area contributed by atoms with Gasteiger partial charge in [-0.15, -0.1) is 0 Å². The lowest BCUT2D eigenvalue weighted by atomic mass is 9.77. The van der Waals surface area contributed by atoms with Crippen LogP contribution < -0.4 is 0 Å². The first-order valence-corrected chi connectivity index (χ1v) is 10.4. The highest BCUT2D eigenvalue weighted by Crippen LogP contribution is 2.43. The standard InChI is InChI=1S/C17H34OSi/c1-2-3-14-18-19-17(15-10-6-4-7-11-15)16-12-8-5-9-13-16/h15-17H,2-14,19H2,1H3. The maximum absolute atomic E-state index is 6.18. The molecule has 2 aliphatic carbocycles. The first-order valence-electron chi connectivity index (χ1n) is 8.99. The Labute approximate surface area is 122 Å². The second kappa shape index (κ2) is 9.18. The van der Waals surface area contributed by atoms with Crippen molar-refractivity contribution in [3.8, 4) is 0 Å². The van der Waals surface area contributed by atoms with Gasteiger partial charge in [-0.2, -0.15) is 0 Å². The highest BCUT2D eigenvalue weighted by Gasteiger charge is 2.31.